The van der Waals surface area contributed by atoms with E-state index < -0.39 is 11.2 Å². The number of ether oxygens (including phenoxy) is 2. The van der Waals surface area contributed by atoms with Gasteiger partial charge in [-0.1, -0.05) is 30.3 Å². The summed E-state index contributed by atoms with van der Waals surface area (Å²) < 4.78 is 11.8. The third-order valence-corrected chi connectivity index (χ3v) is 8.32. The molecule has 1 N–H and O–H groups in total. The van der Waals surface area contributed by atoms with Crippen LogP contribution in [0.25, 0.3) is 0 Å². The maximum absolute atomic E-state index is 12.3. The van der Waals surface area contributed by atoms with Crippen LogP contribution in [0.3, 0.4) is 0 Å². The van der Waals surface area contributed by atoms with E-state index in [4.69, 9.17) is 9.47 Å². The molecule has 1 atom stereocenters. The molecule has 2 aliphatic rings. The molecule has 0 bridgehead atoms. The Morgan fingerprint density at radius 2 is 1.44 bits per heavy atom. The van der Waals surface area contributed by atoms with Crippen molar-refractivity contribution in [2.75, 3.05) is 43.1 Å². The van der Waals surface area contributed by atoms with Crippen LogP contribution in [0.15, 0.2) is 54.6 Å². The van der Waals surface area contributed by atoms with Gasteiger partial charge in [0.1, 0.15) is 22.7 Å². The molecule has 36 heavy (non-hydrogen) atoms. The molecule has 3 aromatic carbocycles. The first-order valence-electron chi connectivity index (χ1n) is 12.9. The maximum atomic E-state index is 12.3. The van der Waals surface area contributed by atoms with E-state index in [1.807, 2.05) is 44.2 Å². The fourth-order valence-corrected chi connectivity index (χ4v) is 6.02. The number of aliphatic hydroxyl groups is 1. The van der Waals surface area contributed by atoms with Crippen molar-refractivity contribution in [1.29, 1.82) is 0 Å². The van der Waals surface area contributed by atoms with Crippen molar-refractivity contribution in [2.24, 2.45) is 0 Å². The van der Waals surface area contributed by atoms with Gasteiger partial charge in [0.25, 0.3) is 0 Å². The standard InChI is InChI=1S/C31H38N2O3/c1-21-22(2)29-27(31(34,30(4,5)36-29)20-24-10-8-7-9-11-24)23(3)28(21)33-18-16-32(17-19-33)25-12-14-26(35-6)15-13-25/h7-15,34H,16-20H2,1-6H3. The van der Waals surface area contributed by atoms with Gasteiger partial charge in [-0.2, -0.15) is 0 Å². The summed E-state index contributed by atoms with van der Waals surface area (Å²) in [5.74, 6) is 1.74. The van der Waals surface area contributed by atoms with E-state index in [0.29, 0.717) is 6.42 Å². The molecule has 2 aliphatic heterocycles. The van der Waals surface area contributed by atoms with Crippen LogP contribution in [0.1, 0.15) is 41.7 Å². The molecule has 0 saturated carbocycles. The van der Waals surface area contributed by atoms with Crippen LogP contribution in [0, 0.1) is 20.8 Å². The van der Waals surface area contributed by atoms with Crippen molar-refractivity contribution in [3.8, 4) is 11.5 Å². The Bertz CT molecular complexity index is 1250. The topological polar surface area (TPSA) is 45.2 Å². The van der Waals surface area contributed by atoms with Gasteiger partial charge in [-0.05, 0) is 81.1 Å². The quantitative estimate of drug-likeness (QED) is 0.512. The van der Waals surface area contributed by atoms with Gasteiger partial charge >= 0.3 is 0 Å². The van der Waals surface area contributed by atoms with Crippen LogP contribution in [0.2, 0.25) is 0 Å². The minimum atomic E-state index is -1.12. The van der Waals surface area contributed by atoms with E-state index in [0.717, 1.165) is 59.9 Å². The molecule has 5 nitrogen and oxygen atoms in total. The third-order valence-electron chi connectivity index (χ3n) is 8.32. The third kappa shape index (κ3) is 3.90. The highest BCUT2D eigenvalue weighted by Crippen LogP contribution is 2.55. The predicted octanol–water partition coefficient (Wildman–Crippen LogP) is 5.55. The first-order valence-corrected chi connectivity index (χ1v) is 12.9. The van der Waals surface area contributed by atoms with Crippen LogP contribution in [0.4, 0.5) is 11.4 Å². The molecule has 190 valence electrons. The zero-order valence-electron chi connectivity index (χ0n) is 22.4. The molecule has 5 heteroatoms. The molecule has 0 aromatic heterocycles. The highest BCUT2D eigenvalue weighted by molar-refractivity contribution is 5.72. The number of anilines is 2. The summed E-state index contributed by atoms with van der Waals surface area (Å²) in [4.78, 5) is 4.92. The van der Waals surface area contributed by atoms with Crippen LogP contribution in [-0.2, 0) is 12.0 Å². The van der Waals surface area contributed by atoms with E-state index in [1.165, 1.54) is 16.9 Å². The van der Waals surface area contributed by atoms with Crippen molar-refractivity contribution >= 4 is 11.4 Å². The number of benzene rings is 3. The normalized spacial score (nSPS) is 20.8. The molecular weight excluding hydrogens is 448 g/mol. The monoisotopic (exact) mass is 486 g/mol. The number of hydrogen-bond acceptors (Lipinski definition) is 5. The zero-order valence-corrected chi connectivity index (χ0v) is 22.4. The maximum Gasteiger partial charge on any atom is 0.137 e. The van der Waals surface area contributed by atoms with Crippen LogP contribution >= 0.6 is 0 Å². The van der Waals surface area contributed by atoms with Crippen molar-refractivity contribution in [1.82, 2.24) is 0 Å². The second kappa shape index (κ2) is 9.04. The lowest BCUT2D eigenvalue weighted by Gasteiger charge is -2.40. The number of hydrogen-bond donors (Lipinski definition) is 1. The lowest BCUT2D eigenvalue weighted by molar-refractivity contribution is -0.0941. The van der Waals surface area contributed by atoms with E-state index in [2.05, 4.69) is 54.8 Å². The Labute approximate surface area is 215 Å². The molecule has 5 rings (SSSR count). The lowest BCUT2D eigenvalue weighted by atomic mass is 9.75. The molecule has 1 unspecified atom stereocenters. The largest absolute Gasteiger partial charge is 0.497 e. The number of methoxy groups -OCH3 is 1. The Balaban J connectivity index is 1.48. The average Bonchev–Trinajstić information content (AvgIpc) is 3.09. The Kier molecular flexibility index (Phi) is 6.16. The second-order valence-electron chi connectivity index (χ2n) is 10.7. The Hall–Kier alpha value is -3.18. The number of piperazine rings is 1. The fourth-order valence-electron chi connectivity index (χ4n) is 6.02. The van der Waals surface area contributed by atoms with Crippen LogP contribution in [0.5, 0.6) is 11.5 Å². The average molecular weight is 487 g/mol. The first-order chi connectivity index (χ1) is 17.2. The van der Waals surface area contributed by atoms with Gasteiger partial charge in [0, 0.05) is 49.5 Å². The number of fused-ring (bicyclic) bond motifs is 1. The predicted molar refractivity (Wildman–Crippen MR) is 147 cm³/mol. The van der Waals surface area contributed by atoms with Crippen LogP contribution in [-0.4, -0.2) is 44.0 Å². The second-order valence-corrected chi connectivity index (χ2v) is 10.7. The van der Waals surface area contributed by atoms with Crippen molar-refractivity contribution in [2.45, 2.75) is 52.2 Å². The molecule has 3 aromatic rings. The van der Waals surface area contributed by atoms with Gasteiger partial charge in [0.15, 0.2) is 0 Å². The van der Waals surface area contributed by atoms with E-state index in [9.17, 15) is 5.11 Å². The molecule has 0 aliphatic carbocycles. The smallest absolute Gasteiger partial charge is 0.137 e. The van der Waals surface area contributed by atoms with Gasteiger partial charge in [-0.25, -0.2) is 0 Å². The summed E-state index contributed by atoms with van der Waals surface area (Å²) in [6.45, 7) is 14.2. The summed E-state index contributed by atoms with van der Waals surface area (Å²) in [6.07, 6.45) is 0.516. The number of nitrogens with zero attached hydrogens (tertiary/aromatic N) is 2. The molecule has 0 radical (unpaired) electrons. The van der Waals surface area contributed by atoms with E-state index >= 15 is 0 Å². The summed E-state index contributed by atoms with van der Waals surface area (Å²) in [7, 11) is 1.70. The summed E-state index contributed by atoms with van der Waals surface area (Å²) in [5.41, 5.74) is 6.17. The molecule has 0 amide bonds. The van der Waals surface area contributed by atoms with E-state index in [1.54, 1.807) is 7.11 Å². The number of rotatable bonds is 5. The molecule has 0 spiro atoms. The summed E-state index contributed by atoms with van der Waals surface area (Å²) in [5, 5.41) is 12.3. The van der Waals surface area contributed by atoms with Gasteiger partial charge in [0.2, 0.25) is 0 Å². The van der Waals surface area contributed by atoms with Crippen molar-refractivity contribution < 1.29 is 14.6 Å². The highest BCUT2D eigenvalue weighted by atomic mass is 16.5. The SMILES string of the molecule is COc1ccc(N2CCN(c3c(C)c(C)c4c(c3C)C(O)(Cc3ccccc3)C(C)(C)O4)CC2)cc1. The molecular formula is C31H38N2O3. The first kappa shape index (κ1) is 24.5. The molecule has 1 fully saturated rings. The summed E-state index contributed by atoms with van der Waals surface area (Å²) in [6, 6.07) is 18.6. The zero-order chi connectivity index (χ0) is 25.7. The minimum absolute atomic E-state index is 0.516. The van der Waals surface area contributed by atoms with Gasteiger partial charge < -0.3 is 24.4 Å². The minimum Gasteiger partial charge on any atom is -0.497 e. The Morgan fingerprint density at radius 3 is 2.06 bits per heavy atom. The van der Waals surface area contributed by atoms with Crippen LogP contribution < -0.4 is 19.3 Å². The molecule has 2 heterocycles. The Morgan fingerprint density at radius 1 is 0.833 bits per heavy atom. The highest BCUT2D eigenvalue weighted by Gasteiger charge is 2.55. The van der Waals surface area contributed by atoms with Crippen molar-refractivity contribution in [3.05, 3.63) is 82.4 Å². The van der Waals surface area contributed by atoms with E-state index in [-0.39, 0.29) is 0 Å². The van der Waals surface area contributed by atoms with Crippen molar-refractivity contribution in [3.63, 3.8) is 0 Å². The molecule has 1 saturated heterocycles. The summed E-state index contributed by atoms with van der Waals surface area (Å²) >= 11 is 0. The fraction of sp³-hybridized carbons (Fsp3) is 0.419. The lowest BCUT2D eigenvalue weighted by Crippen LogP contribution is -2.49. The van der Waals surface area contributed by atoms with Gasteiger partial charge in [-0.15, -0.1) is 0 Å². The van der Waals surface area contributed by atoms with Gasteiger partial charge in [-0.3, -0.25) is 0 Å². The van der Waals surface area contributed by atoms with Gasteiger partial charge in [0.05, 0.1) is 7.11 Å².